The number of carbonyl (C=O) groups excluding carboxylic acids is 2. The molecule has 2 rings (SSSR count). The highest BCUT2D eigenvalue weighted by molar-refractivity contribution is 9.10. The van der Waals surface area contributed by atoms with Crippen molar-refractivity contribution in [2.45, 2.75) is 19.4 Å². The Kier molecular flexibility index (Phi) is 6.34. The van der Waals surface area contributed by atoms with Crippen molar-refractivity contribution in [3.05, 3.63) is 58.6 Å². The van der Waals surface area contributed by atoms with Crippen molar-refractivity contribution in [1.29, 1.82) is 0 Å². The van der Waals surface area contributed by atoms with Crippen LogP contribution in [0.4, 0.5) is 5.69 Å². The Morgan fingerprint density at radius 2 is 1.83 bits per heavy atom. The highest BCUT2D eigenvalue weighted by atomic mass is 79.9. The number of amides is 2. The molecule has 0 saturated carbocycles. The largest absolute Gasteiger partial charge is 0.508 e. The van der Waals surface area contributed by atoms with Gasteiger partial charge in [0.05, 0.1) is 6.54 Å². The maximum Gasteiger partial charge on any atom is 0.243 e. The molecule has 0 saturated heterocycles. The van der Waals surface area contributed by atoms with Crippen molar-refractivity contribution in [2.75, 3.05) is 4.90 Å². The van der Waals surface area contributed by atoms with Gasteiger partial charge in [0.15, 0.2) is 0 Å². The van der Waals surface area contributed by atoms with Gasteiger partial charge >= 0.3 is 0 Å². The first kappa shape index (κ1) is 18.0. The molecule has 0 unspecified atom stereocenters. The molecule has 0 fully saturated rings. The molecule has 2 amide bonds. The van der Waals surface area contributed by atoms with Crippen LogP contribution in [0, 0.1) is 0 Å². The third kappa shape index (κ3) is 5.07. The number of phenolic OH excluding ortho intramolecular Hbond substituents is 1. The minimum Gasteiger partial charge on any atom is -0.508 e. The fourth-order valence-electron chi connectivity index (χ4n) is 2.21. The van der Waals surface area contributed by atoms with Crippen molar-refractivity contribution in [2.24, 2.45) is 0 Å². The Bertz CT molecular complexity index is 736. The standard InChI is InChI=1S/C17H17BrN2O4/c18-13-4-1-3-12(9-13)11-20(14-5-2-6-15(21)10-14)17(23)8-7-16(22)19-24/h1-6,9-10,21,24H,7-8,11H2,(H,19,22). The molecule has 3 N–H and O–H groups in total. The summed E-state index contributed by atoms with van der Waals surface area (Å²) < 4.78 is 0.892. The van der Waals surface area contributed by atoms with E-state index >= 15 is 0 Å². The maximum absolute atomic E-state index is 12.5. The number of nitrogens with zero attached hydrogens (tertiary/aromatic N) is 1. The van der Waals surface area contributed by atoms with Gasteiger partial charge in [-0.1, -0.05) is 34.1 Å². The second kappa shape index (κ2) is 8.47. The van der Waals surface area contributed by atoms with Crippen molar-refractivity contribution in [1.82, 2.24) is 5.48 Å². The van der Waals surface area contributed by atoms with Gasteiger partial charge in [-0.3, -0.25) is 14.8 Å². The van der Waals surface area contributed by atoms with Gasteiger partial charge < -0.3 is 10.0 Å². The molecule has 0 aromatic heterocycles. The molecule has 2 aromatic carbocycles. The topological polar surface area (TPSA) is 89.9 Å². The Balaban J connectivity index is 2.24. The lowest BCUT2D eigenvalue weighted by Crippen LogP contribution is -2.31. The van der Waals surface area contributed by atoms with Crippen LogP contribution >= 0.6 is 15.9 Å². The minimum atomic E-state index is -0.623. The minimum absolute atomic E-state index is 0.0487. The predicted octanol–water partition coefficient (Wildman–Crippen LogP) is 2.97. The third-order valence-electron chi connectivity index (χ3n) is 3.36. The summed E-state index contributed by atoms with van der Waals surface area (Å²) in [5, 5.41) is 18.2. The Hall–Kier alpha value is -2.38. The van der Waals surface area contributed by atoms with E-state index < -0.39 is 5.91 Å². The lowest BCUT2D eigenvalue weighted by molar-refractivity contribution is -0.131. The van der Waals surface area contributed by atoms with Crippen LogP contribution in [0.1, 0.15) is 18.4 Å². The second-order valence-electron chi connectivity index (χ2n) is 5.16. The molecule has 0 aliphatic heterocycles. The lowest BCUT2D eigenvalue weighted by Gasteiger charge is -2.23. The van der Waals surface area contributed by atoms with E-state index in [1.807, 2.05) is 24.3 Å². The Labute approximate surface area is 147 Å². The molecule has 0 radical (unpaired) electrons. The summed E-state index contributed by atoms with van der Waals surface area (Å²) in [7, 11) is 0. The van der Waals surface area contributed by atoms with Crippen LogP contribution in [-0.4, -0.2) is 22.1 Å². The van der Waals surface area contributed by atoms with Gasteiger partial charge in [-0.05, 0) is 29.8 Å². The fourth-order valence-corrected chi connectivity index (χ4v) is 2.66. The van der Waals surface area contributed by atoms with Crippen molar-refractivity contribution in [3.8, 4) is 5.75 Å². The Morgan fingerprint density at radius 3 is 2.50 bits per heavy atom. The van der Waals surface area contributed by atoms with Crippen LogP contribution in [0.3, 0.4) is 0 Å². The molecule has 0 spiro atoms. The van der Waals surface area contributed by atoms with Gasteiger partial charge in [-0.25, -0.2) is 5.48 Å². The molecule has 24 heavy (non-hydrogen) atoms. The highest BCUT2D eigenvalue weighted by Gasteiger charge is 2.18. The number of nitrogens with one attached hydrogen (secondary N) is 1. The number of benzene rings is 2. The number of halogens is 1. The second-order valence-corrected chi connectivity index (χ2v) is 6.08. The number of hydrogen-bond acceptors (Lipinski definition) is 4. The van der Waals surface area contributed by atoms with Gasteiger partial charge in [0.1, 0.15) is 5.75 Å². The number of hydroxylamine groups is 1. The zero-order chi connectivity index (χ0) is 17.5. The molecule has 0 aliphatic carbocycles. The molecule has 0 aliphatic rings. The van der Waals surface area contributed by atoms with Gasteiger partial charge in [0.2, 0.25) is 11.8 Å². The maximum atomic E-state index is 12.5. The monoisotopic (exact) mass is 392 g/mol. The number of anilines is 1. The zero-order valence-electron chi connectivity index (χ0n) is 12.8. The summed E-state index contributed by atoms with van der Waals surface area (Å²) in [5.74, 6) is -0.863. The fraction of sp³-hybridized carbons (Fsp3) is 0.176. The molecule has 2 aromatic rings. The summed E-state index contributed by atoms with van der Waals surface area (Å²) >= 11 is 3.39. The number of hydrogen-bond donors (Lipinski definition) is 3. The molecule has 0 atom stereocenters. The quantitative estimate of drug-likeness (QED) is 0.520. The average molecular weight is 393 g/mol. The van der Waals surface area contributed by atoms with Crippen LogP contribution in [0.5, 0.6) is 5.75 Å². The first-order valence-corrected chi connectivity index (χ1v) is 8.05. The van der Waals surface area contributed by atoms with E-state index in [0.29, 0.717) is 12.2 Å². The number of aromatic hydroxyl groups is 1. The number of carbonyl (C=O) groups is 2. The lowest BCUT2D eigenvalue weighted by atomic mass is 10.1. The molecule has 6 nitrogen and oxygen atoms in total. The summed E-state index contributed by atoms with van der Waals surface area (Å²) in [5.41, 5.74) is 2.94. The van der Waals surface area contributed by atoms with Crippen molar-refractivity contribution in [3.63, 3.8) is 0 Å². The highest BCUT2D eigenvalue weighted by Crippen LogP contribution is 2.24. The first-order chi connectivity index (χ1) is 11.5. The SMILES string of the molecule is O=C(CCC(=O)N(Cc1cccc(Br)c1)c1cccc(O)c1)NO. The van der Waals surface area contributed by atoms with E-state index in [-0.39, 0.29) is 24.5 Å². The van der Waals surface area contributed by atoms with E-state index in [0.717, 1.165) is 10.0 Å². The van der Waals surface area contributed by atoms with E-state index in [4.69, 9.17) is 5.21 Å². The van der Waals surface area contributed by atoms with Crippen LogP contribution in [-0.2, 0) is 16.1 Å². The third-order valence-corrected chi connectivity index (χ3v) is 3.86. The van der Waals surface area contributed by atoms with E-state index in [2.05, 4.69) is 15.9 Å². The van der Waals surface area contributed by atoms with Gasteiger partial charge in [0, 0.05) is 29.1 Å². The van der Waals surface area contributed by atoms with Crippen LogP contribution in [0.2, 0.25) is 0 Å². The van der Waals surface area contributed by atoms with Crippen LogP contribution in [0.15, 0.2) is 53.0 Å². The Morgan fingerprint density at radius 1 is 1.08 bits per heavy atom. The van der Waals surface area contributed by atoms with E-state index in [1.165, 1.54) is 22.5 Å². The van der Waals surface area contributed by atoms with Crippen LogP contribution in [0.25, 0.3) is 0 Å². The van der Waals surface area contributed by atoms with Crippen molar-refractivity contribution < 1.29 is 19.9 Å². The number of rotatable bonds is 6. The molecular weight excluding hydrogens is 376 g/mol. The van der Waals surface area contributed by atoms with E-state index in [1.54, 1.807) is 12.1 Å². The normalized spacial score (nSPS) is 10.2. The van der Waals surface area contributed by atoms with Crippen LogP contribution < -0.4 is 10.4 Å². The van der Waals surface area contributed by atoms with Gasteiger partial charge in [0.25, 0.3) is 0 Å². The number of phenols is 1. The summed E-state index contributed by atoms with van der Waals surface area (Å²) in [6, 6.07) is 13.9. The van der Waals surface area contributed by atoms with Gasteiger partial charge in [-0.2, -0.15) is 0 Å². The molecule has 126 valence electrons. The molecule has 7 heteroatoms. The van der Waals surface area contributed by atoms with Crippen molar-refractivity contribution >= 4 is 33.4 Å². The van der Waals surface area contributed by atoms with Gasteiger partial charge in [-0.15, -0.1) is 0 Å². The smallest absolute Gasteiger partial charge is 0.243 e. The average Bonchev–Trinajstić information content (AvgIpc) is 2.57. The molecule has 0 bridgehead atoms. The zero-order valence-corrected chi connectivity index (χ0v) is 14.4. The summed E-state index contributed by atoms with van der Waals surface area (Å²) in [4.78, 5) is 25.2. The summed E-state index contributed by atoms with van der Waals surface area (Å²) in [6.07, 6.45) is -0.181. The predicted molar refractivity (Wildman–Crippen MR) is 92.6 cm³/mol. The summed E-state index contributed by atoms with van der Waals surface area (Å²) in [6.45, 7) is 0.294. The van der Waals surface area contributed by atoms with E-state index in [9.17, 15) is 14.7 Å². The molecular formula is C17H17BrN2O4. The first-order valence-electron chi connectivity index (χ1n) is 7.26. The molecule has 0 heterocycles.